The standard InChI is InChI=1S/C52H43NO7S2/c1-35(54)59-50-49(40-26-27-43(56-32-37-18-8-3-9-19-37)44(28-40)57-33-38-20-10-4-11-21-38)60-46-30-41(55-31-36-16-6-2-7-17-36)29-45(58-34-39-22-12-5-13-23-39)48(46)51(50)62-52-53-42-24-14-15-25-47(42)61-52/h2-30,49-51H,31-34H2,1H3/t49-,50+,51-/m1/s1. The second-order valence-corrected chi connectivity index (χ2v) is 17.2. The Balaban J connectivity index is 1.15. The van der Waals surface area contributed by atoms with Crippen molar-refractivity contribution in [2.24, 2.45) is 0 Å². The first-order chi connectivity index (χ1) is 30.5. The average Bonchev–Trinajstić information content (AvgIpc) is 3.73. The fraction of sp³-hybridized carbons (Fsp3) is 0.154. The van der Waals surface area contributed by atoms with Gasteiger partial charge in [-0.15, -0.1) is 11.3 Å². The van der Waals surface area contributed by atoms with Crippen molar-refractivity contribution in [3.05, 3.63) is 209 Å². The van der Waals surface area contributed by atoms with Crippen molar-refractivity contribution in [2.45, 2.75) is 55.1 Å². The Kier molecular flexibility index (Phi) is 12.7. The number of ether oxygens (including phenoxy) is 6. The van der Waals surface area contributed by atoms with E-state index in [4.69, 9.17) is 33.4 Å². The van der Waals surface area contributed by atoms with E-state index in [2.05, 4.69) is 6.07 Å². The summed E-state index contributed by atoms with van der Waals surface area (Å²) in [6, 6.07) is 57.6. The number of rotatable bonds is 16. The first-order valence-corrected chi connectivity index (χ1v) is 22.1. The Bertz CT molecular complexity index is 2700. The molecule has 62 heavy (non-hydrogen) atoms. The summed E-state index contributed by atoms with van der Waals surface area (Å²) in [6.07, 6.45) is -1.61. The molecule has 0 bridgehead atoms. The van der Waals surface area contributed by atoms with Crippen molar-refractivity contribution >= 4 is 39.3 Å². The highest BCUT2D eigenvalue weighted by molar-refractivity contribution is 8.01. The van der Waals surface area contributed by atoms with Gasteiger partial charge in [0.2, 0.25) is 0 Å². The van der Waals surface area contributed by atoms with Gasteiger partial charge in [-0.25, -0.2) is 4.98 Å². The summed E-state index contributed by atoms with van der Waals surface area (Å²) in [5, 5.41) is -0.523. The number of aromatic nitrogens is 1. The summed E-state index contributed by atoms with van der Waals surface area (Å²) in [7, 11) is 0. The van der Waals surface area contributed by atoms with E-state index in [-0.39, 0.29) is 0 Å². The molecular formula is C52H43NO7S2. The van der Waals surface area contributed by atoms with Gasteiger partial charge in [-0.1, -0.05) is 151 Å². The average molecular weight is 858 g/mol. The Morgan fingerprint density at radius 3 is 1.71 bits per heavy atom. The van der Waals surface area contributed by atoms with Crippen molar-refractivity contribution in [2.75, 3.05) is 0 Å². The molecule has 0 saturated carbocycles. The third-order valence-corrected chi connectivity index (χ3v) is 12.7. The number of hydrogen-bond donors (Lipinski definition) is 0. The number of para-hydroxylation sites is 1. The number of fused-ring (bicyclic) bond motifs is 2. The Morgan fingerprint density at radius 1 is 0.597 bits per heavy atom. The zero-order chi connectivity index (χ0) is 42.1. The molecule has 8 aromatic rings. The van der Waals surface area contributed by atoms with Gasteiger partial charge in [-0.05, 0) is 46.5 Å². The topological polar surface area (TPSA) is 85.3 Å². The summed E-state index contributed by atoms with van der Waals surface area (Å²) < 4.78 is 41.4. The predicted octanol–water partition coefficient (Wildman–Crippen LogP) is 12.5. The number of esters is 1. The maximum absolute atomic E-state index is 13.2. The molecule has 1 aromatic heterocycles. The minimum Gasteiger partial charge on any atom is -0.489 e. The number of thioether (sulfide) groups is 1. The van der Waals surface area contributed by atoms with Gasteiger partial charge in [0.1, 0.15) is 43.7 Å². The van der Waals surface area contributed by atoms with Crippen LogP contribution in [0.25, 0.3) is 10.2 Å². The van der Waals surface area contributed by atoms with E-state index in [9.17, 15) is 4.79 Å². The van der Waals surface area contributed by atoms with Crippen LogP contribution in [-0.2, 0) is 36.0 Å². The van der Waals surface area contributed by atoms with Crippen molar-refractivity contribution in [1.29, 1.82) is 0 Å². The minimum atomic E-state index is -0.828. The molecule has 0 amide bonds. The van der Waals surface area contributed by atoms with E-state index in [1.807, 2.05) is 170 Å². The van der Waals surface area contributed by atoms with Gasteiger partial charge in [0.25, 0.3) is 0 Å². The molecule has 9 rings (SSSR count). The first kappa shape index (κ1) is 40.6. The van der Waals surface area contributed by atoms with Crippen LogP contribution in [0.2, 0.25) is 0 Å². The van der Waals surface area contributed by atoms with Gasteiger partial charge in [-0.3, -0.25) is 4.79 Å². The van der Waals surface area contributed by atoms with Crippen LogP contribution < -0.4 is 23.7 Å². The Morgan fingerprint density at radius 2 is 1.13 bits per heavy atom. The lowest BCUT2D eigenvalue weighted by Gasteiger charge is -2.39. The maximum Gasteiger partial charge on any atom is 0.303 e. The number of benzene rings is 7. The summed E-state index contributed by atoms with van der Waals surface area (Å²) in [4.78, 5) is 18.2. The molecule has 0 saturated heterocycles. The molecule has 0 unspecified atom stereocenters. The fourth-order valence-electron chi connectivity index (χ4n) is 7.27. The summed E-state index contributed by atoms with van der Waals surface area (Å²) in [5.74, 6) is 2.32. The number of thiazole rings is 1. The van der Waals surface area contributed by atoms with Crippen LogP contribution in [0.3, 0.4) is 0 Å². The van der Waals surface area contributed by atoms with E-state index in [0.29, 0.717) is 55.2 Å². The molecule has 0 radical (unpaired) electrons. The first-order valence-electron chi connectivity index (χ1n) is 20.4. The van der Waals surface area contributed by atoms with Gasteiger partial charge in [0, 0.05) is 24.6 Å². The number of carbonyl (C=O) groups excluding carboxylic acids is 1. The third-order valence-electron chi connectivity index (χ3n) is 10.3. The zero-order valence-electron chi connectivity index (χ0n) is 33.9. The van der Waals surface area contributed by atoms with Gasteiger partial charge >= 0.3 is 5.97 Å². The molecule has 10 heteroatoms. The molecule has 0 fully saturated rings. The molecule has 8 nitrogen and oxygen atoms in total. The van der Waals surface area contributed by atoms with Gasteiger partial charge in [0.05, 0.1) is 21.0 Å². The lowest BCUT2D eigenvalue weighted by Crippen LogP contribution is -2.37. The van der Waals surface area contributed by atoms with Crippen LogP contribution >= 0.6 is 23.1 Å². The van der Waals surface area contributed by atoms with Crippen LogP contribution in [0.4, 0.5) is 0 Å². The van der Waals surface area contributed by atoms with Crippen molar-refractivity contribution in [3.8, 4) is 28.7 Å². The molecule has 1 aliphatic heterocycles. The van der Waals surface area contributed by atoms with E-state index < -0.39 is 23.4 Å². The molecule has 0 spiro atoms. The van der Waals surface area contributed by atoms with Gasteiger partial charge in [-0.2, -0.15) is 0 Å². The smallest absolute Gasteiger partial charge is 0.303 e. The maximum atomic E-state index is 13.2. The van der Waals surface area contributed by atoms with Crippen molar-refractivity contribution < 1.29 is 33.2 Å². The molecule has 7 aromatic carbocycles. The van der Waals surface area contributed by atoms with E-state index >= 15 is 0 Å². The lowest BCUT2D eigenvalue weighted by atomic mass is 9.92. The van der Waals surface area contributed by atoms with Crippen LogP contribution in [0, 0.1) is 0 Å². The highest BCUT2D eigenvalue weighted by Crippen LogP contribution is 2.56. The van der Waals surface area contributed by atoms with Crippen molar-refractivity contribution in [1.82, 2.24) is 4.98 Å². The Hall–Kier alpha value is -6.75. The fourth-order valence-corrected chi connectivity index (χ4v) is 9.79. The van der Waals surface area contributed by atoms with Crippen LogP contribution in [0.5, 0.6) is 28.7 Å². The predicted molar refractivity (Wildman–Crippen MR) is 243 cm³/mol. The lowest BCUT2D eigenvalue weighted by molar-refractivity contribution is -0.152. The number of nitrogens with zero attached hydrogens (tertiary/aromatic N) is 1. The van der Waals surface area contributed by atoms with Gasteiger partial charge in [0.15, 0.2) is 28.0 Å². The second-order valence-electron chi connectivity index (χ2n) is 14.7. The summed E-state index contributed by atoms with van der Waals surface area (Å²) in [6.45, 7) is 2.72. The molecule has 3 atom stereocenters. The zero-order valence-corrected chi connectivity index (χ0v) is 35.6. The van der Waals surface area contributed by atoms with Gasteiger partial charge < -0.3 is 28.4 Å². The molecule has 1 aliphatic rings. The molecular weight excluding hydrogens is 815 g/mol. The van der Waals surface area contributed by atoms with Crippen LogP contribution in [0.15, 0.2) is 180 Å². The molecule has 0 N–H and O–H groups in total. The summed E-state index contributed by atoms with van der Waals surface area (Å²) >= 11 is 3.12. The third kappa shape index (κ3) is 9.89. The van der Waals surface area contributed by atoms with E-state index in [0.717, 1.165) is 47.9 Å². The minimum absolute atomic E-state index is 0.294. The van der Waals surface area contributed by atoms with E-state index in [1.165, 1.54) is 18.7 Å². The van der Waals surface area contributed by atoms with E-state index in [1.54, 1.807) is 11.3 Å². The number of hydrogen-bond acceptors (Lipinski definition) is 10. The highest BCUT2D eigenvalue weighted by atomic mass is 32.2. The number of carbonyl (C=O) groups is 1. The normalized spacial score (nSPS) is 15.5. The highest BCUT2D eigenvalue weighted by Gasteiger charge is 2.45. The largest absolute Gasteiger partial charge is 0.489 e. The quantitative estimate of drug-likeness (QED) is 0.0882. The molecule has 310 valence electrons. The monoisotopic (exact) mass is 857 g/mol. The van der Waals surface area contributed by atoms with Crippen molar-refractivity contribution in [3.63, 3.8) is 0 Å². The van der Waals surface area contributed by atoms with Crippen LogP contribution in [0.1, 0.15) is 51.7 Å². The summed E-state index contributed by atoms with van der Waals surface area (Å²) in [5.41, 5.74) is 6.41. The van der Waals surface area contributed by atoms with Crippen LogP contribution in [-0.4, -0.2) is 17.1 Å². The molecule has 2 heterocycles. The SMILES string of the molecule is CC(=O)O[C@H]1[C@@H](c2ccc(OCc3ccccc3)c(OCc3ccccc3)c2)Oc2cc(OCc3ccccc3)cc(OCc3ccccc3)c2[C@H]1Sc1nc2ccccc2s1. The molecule has 0 aliphatic carbocycles. The Labute approximate surface area is 369 Å². The second kappa shape index (κ2) is 19.3.